The summed E-state index contributed by atoms with van der Waals surface area (Å²) in [5.41, 5.74) is 2.45. The van der Waals surface area contributed by atoms with Crippen molar-refractivity contribution in [2.45, 2.75) is 26.9 Å². The van der Waals surface area contributed by atoms with Crippen LogP contribution in [0.5, 0.6) is 0 Å². The molecule has 7 heteroatoms. The maximum Gasteiger partial charge on any atom is 0.275 e. The minimum Gasteiger partial charge on any atom is -0.335 e. The van der Waals surface area contributed by atoms with Crippen molar-refractivity contribution in [2.24, 2.45) is 5.92 Å². The van der Waals surface area contributed by atoms with Crippen molar-refractivity contribution < 1.29 is 4.79 Å². The van der Waals surface area contributed by atoms with E-state index in [0.717, 1.165) is 30.5 Å². The fourth-order valence-electron chi connectivity index (χ4n) is 4.66. The topological polar surface area (TPSA) is 71.3 Å². The van der Waals surface area contributed by atoms with Gasteiger partial charge in [-0.3, -0.25) is 19.5 Å². The lowest BCUT2D eigenvalue weighted by atomic mass is 10.1. The zero-order valence-corrected chi connectivity index (χ0v) is 19.6. The number of carbonyl (C=O) groups is 1. The first-order valence-corrected chi connectivity index (χ1v) is 11.9. The molecule has 0 saturated carbocycles. The molecular weight excluding hydrogens is 426 g/mol. The van der Waals surface area contributed by atoms with Crippen molar-refractivity contribution in [2.75, 3.05) is 26.2 Å². The number of benzene rings is 2. The molecule has 5 rings (SSSR count). The number of aromatic nitrogens is 3. The fourth-order valence-corrected chi connectivity index (χ4v) is 4.66. The second-order valence-electron chi connectivity index (χ2n) is 9.34. The summed E-state index contributed by atoms with van der Waals surface area (Å²) in [6, 6.07) is 17.6. The molecule has 34 heavy (non-hydrogen) atoms. The first kappa shape index (κ1) is 22.2. The van der Waals surface area contributed by atoms with Crippen LogP contribution in [0.3, 0.4) is 0 Å². The van der Waals surface area contributed by atoms with Gasteiger partial charge in [-0.2, -0.15) is 5.10 Å². The summed E-state index contributed by atoms with van der Waals surface area (Å²) >= 11 is 0. The largest absolute Gasteiger partial charge is 0.335 e. The number of fused-ring (bicyclic) bond motifs is 2. The molecule has 0 N–H and O–H groups in total. The van der Waals surface area contributed by atoms with Gasteiger partial charge in [0.2, 0.25) is 0 Å². The molecule has 1 amide bonds. The molecule has 0 aliphatic carbocycles. The lowest BCUT2D eigenvalue weighted by Crippen LogP contribution is -2.48. The number of hydrogen-bond donors (Lipinski definition) is 0. The number of carbonyl (C=O) groups excluding carboxylic acids is 1. The van der Waals surface area contributed by atoms with Crippen LogP contribution >= 0.6 is 0 Å². The fraction of sp³-hybridized carbons (Fsp3) is 0.333. The smallest absolute Gasteiger partial charge is 0.275 e. The van der Waals surface area contributed by atoms with Gasteiger partial charge in [-0.1, -0.05) is 56.3 Å². The minimum absolute atomic E-state index is 0.111. The highest BCUT2D eigenvalue weighted by atomic mass is 16.2. The van der Waals surface area contributed by atoms with Gasteiger partial charge in [0.15, 0.2) is 5.69 Å². The standard InChI is InChI=1S/C27H29N5O2/c1-19(2)17-32-26(33)23-11-4-3-10-22(23)25(29-32)27(34)31-15-13-30(14-16-31)18-21-8-5-7-20-9-6-12-28-24(20)21/h3-12,19H,13-18H2,1-2H3. The predicted octanol–water partition coefficient (Wildman–Crippen LogP) is 3.56. The summed E-state index contributed by atoms with van der Waals surface area (Å²) in [5, 5.41) is 6.84. The van der Waals surface area contributed by atoms with Crippen LogP contribution in [-0.2, 0) is 13.1 Å². The zero-order valence-electron chi connectivity index (χ0n) is 19.6. The summed E-state index contributed by atoms with van der Waals surface area (Å²) in [4.78, 5) is 35.2. The van der Waals surface area contributed by atoms with Gasteiger partial charge in [-0.15, -0.1) is 0 Å². The van der Waals surface area contributed by atoms with E-state index in [1.165, 1.54) is 10.2 Å². The average Bonchev–Trinajstić information content (AvgIpc) is 2.86. The second kappa shape index (κ2) is 9.35. The summed E-state index contributed by atoms with van der Waals surface area (Å²) in [6.07, 6.45) is 1.83. The van der Waals surface area contributed by atoms with Gasteiger partial charge in [0, 0.05) is 56.2 Å². The van der Waals surface area contributed by atoms with E-state index in [1.54, 1.807) is 6.07 Å². The van der Waals surface area contributed by atoms with Crippen molar-refractivity contribution >= 4 is 27.6 Å². The molecule has 4 aromatic rings. The van der Waals surface area contributed by atoms with Crippen LogP contribution in [0.2, 0.25) is 0 Å². The molecule has 1 fully saturated rings. The Kier molecular flexibility index (Phi) is 6.11. The van der Waals surface area contributed by atoms with Gasteiger partial charge >= 0.3 is 0 Å². The van der Waals surface area contributed by atoms with Crippen LogP contribution in [-0.4, -0.2) is 56.7 Å². The highest BCUT2D eigenvalue weighted by Gasteiger charge is 2.26. The van der Waals surface area contributed by atoms with E-state index in [9.17, 15) is 9.59 Å². The maximum atomic E-state index is 13.5. The number of para-hydroxylation sites is 1. The summed E-state index contributed by atoms with van der Waals surface area (Å²) in [7, 11) is 0. The van der Waals surface area contributed by atoms with Crippen LogP contribution in [0.25, 0.3) is 21.7 Å². The Balaban J connectivity index is 1.35. The molecule has 174 valence electrons. The summed E-state index contributed by atoms with van der Waals surface area (Å²) in [6.45, 7) is 8.16. The molecule has 7 nitrogen and oxygen atoms in total. The monoisotopic (exact) mass is 455 g/mol. The van der Waals surface area contributed by atoms with E-state index >= 15 is 0 Å². The normalized spacial score (nSPS) is 14.9. The van der Waals surface area contributed by atoms with Crippen LogP contribution in [0.15, 0.2) is 65.6 Å². The zero-order chi connectivity index (χ0) is 23.7. The molecule has 0 spiro atoms. The number of nitrogens with zero attached hydrogens (tertiary/aromatic N) is 5. The predicted molar refractivity (Wildman–Crippen MR) is 134 cm³/mol. The van der Waals surface area contributed by atoms with Gasteiger partial charge in [0.25, 0.3) is 11.5 Å². The lowest BCUT2D eigenvalue weighted by Gasteiger charge is -2.34. The van der Waals surface area contributed by atoms with Crippen molar-refractivity contribution in [1.29, 1.82) is 0 Å². The van der Waals surface area contributed by atoms with Gasteiger partial charge in [-0.05, 0) is 23.6 Å². The van der Waals surface area contributed by atoms with Crippen LogP contribution < -0.4 is 5.56 Å². The molecule has 2 aromatic heterocycles. The molecule has 1 aliphatic heterocycles. The molecular formula is C27H29N5O2. The van der Waals surface area contributed by atoms with Gasteiger partial charge in [-0.25, -0.2) is 4.68 Å². The van der Waals surface area contributed by atoms with E-state index in [-0.39, 0.29) is 17.4 Å². The Labute approximate surface area is 198 Å². The molecule has 0 bridgehead atoms. The van der Waals surface area contributed by atoms with Crippen LogP contribution in [0, 0.1) is 5.92 Å². The van der Waals surface area contributed by atoms with Gasteiger partial charge in [0.05, 0.1) is 10.9 Å². The highest BCUT2D eigenvalue weighted by Crippen LogP contribution is 2.20. The summed E-state index contributed by atoms with van der Waals surface area (Å²) in [5.74, 6) is 0.140. The first-order chi connectivity index (χ1) is 16.5. The van der Waals surface area contributed by atoms with Crippen LogP contribution in [0.4, 0.5) is 0 Å². The van der Waals surface area contributed by atoms with Crippen molar-refractivity contribution in [3.8, 4) is 0 Å². The van der Waals surface area contributed by atoms with Crippen LogP contribution in [0.1, 0.15) is 29.9 Å². The number of rotatable bonds is 5. The summed E-state index contributed by atoms with van der Waals surface area (Å²) < 4.78 is 1.45. The van der Waals surface area contributed by atoms with Gasteiger partial charge in [0.1, 0.15) is 0 Å². The Morgan fingerprint density at radius 3 is 2.44 bits per heavy atom. The third-order valence-electron chi connectivity index (χ3n) is 6.38. The average molecular weight is 456 g/mol. The van der Waals surface area contributed by atoms with Gasteiger partial charge < -0.3 is 4.90 Å². The molecule has 2 aromatic carbocycles. The van der Waals surface area contributed by atoms with E-state index < -0.39 is 0 Å². The number of amides is 1. The Hall–Kier alpha value is -3.58. The number of piperazine rings is 1. The number of pyridine rings is 1. The molecule has 1 aliphatic rings. The number of hydrogen-bond acceptors (Lipinski definition) is 5. The SMILES string of the molecule is CC(C)Cn1nc(C(=O)N2CCN(Cc3cccc4cccnc34)CC2)c2ccccc2c1=O. The highest BCUT2D eigenvalue weighted by molar-refractivity contribution is 6.04. The van der Waals surface area contributed by atoms with Crippen molar-refractivity contribution in [3.63, 3.8) is 0 Å². The Morgan fingerprint density at radius 2 is 1.68 bits per heavy atom. The second-order valence-corrected chi connectivity index (χ2v) is 9.34. The quantitative estimate of drug-likeness (QED) is 0.460. The molecule has 0 radical (unpaired) electrons. The minimum atomic E-state index is -0.144. The van der Waals surface area contributed by atoms with E-state index in [4.69, 9.17) is 0 Å². The van der Waals surface area contributed by atoms with Crippen molar-refractivity contribution in [3.05, 3.63) is 82.4 Å². The van der Waals surface area contributed by atoms with Crippen molar-refractivity contribution in [1.82, 2.24) is 24.6 Å². The third kappa shape index (κ3) is 4.31. The van der Waals surface area contributed by atoms with E-state index in [2.05, 4.69) is 39.2 Å². The third-order valence-corrected chi connectivity index (χ3v) is 6.38. The Morgan fingerprint density at radius 1 is 0.941 bits per heavy atom. The van der Waals surface area contributed by atoms with E-state index in [0.29, 0.717) is 36.1 Å². The molecule has 0 unspecified atom stereocenters. The maximum absolute atomic E-state index is 13.5. The van der Waals surface area contributed by atoms with E-state index in [1.807, 2.05) is 49.2 Å². The first-order valence-electron chi connectivity index (χ1n) is 11.9. The molecule has 0 atom stereocenters. The molecule has 1 saturated heterocycles. The Bertz CT molecular complexity index is 1400. The molecule has 3 heterocycles. The lowest BCUT2D eigenvalue weighted by molar-refractivity contribution is 0.0622.